The predicted octanol–water partition coefficient (Wildman–Crippen LogP) is 3.67. The molecule has 1 aromatic carbocycles. The second-order valence-electron chi connectivity index (χ2n) is 3.83. The van der Waals surface area contributed by atoms with Crippen LogP contribution in [0.15, 0.2) is 39.6 Å². The van der Waals surface area contributed by atoms with Gasteiger partial charge in [0.25, 0.3) is 0 Å². The Morgan fingerprint density at radius 1 is 1.47 bits per heavy atom. The van der Waals surface area contributed by atoms with Gasteiger partial charge in [-0.3, -0.25) is 5.43 Å². The lowest BCUT2D eigenvalue weighted by atomic mass is 10.2. The van der Waals surface area contributed by atoms with Crippen LogP contribution in [-0.4, -0.2) is 17.0 Å². The van der Waals surface area contributed by atoms with Gasteiger partial charge in [0.2, 0.25) is 5.13 Å². The molecule has 0 amide bonds. The molecule has 0 unspecified atom stereocenters. The van der Waals surface area contributed by atoms with E-state index in [4.69, 9.17) is 5.73 Å². The van der Waals surface area contributed by atoms with Crippen molar-refractivity contribution in [1.82, 2.24) is 4.98 Å². The first-order valence-corrected chi connectivity index (χ1v) is 7.88. The second-order valence-corrected chi connectivity index (χ2v) is 5.83. The summed E-state index contributed by atoms with van der Waals surface area (Å²) in [7, 11) is 0. The van der Waals surface area contributed by atoms with Crippen molar-refractivity contribution in [3.8, 4) is 0 Å². The van der Waals surface area contributed by atoms with Gasteiger partial charge in [0.15, 0.2) is 0 Å². The van der Waals surface area contributed by atoms with Crippen molar-refractivity contribution in [1.29, 1.82) is 0 Å². The lowest BCUT2D eigenvalue weighted by Gasteiger charge is -2.03. The molecular formula is C13H16N4S2. The summed E-state index contributed by atoms with van der Waals surface area (Å²) in [6, 6.07) is 8.23. The highest BCUT2D eigenvalue weighted by atomic mass is 32.2. The van der Waals surface area contributed by atoms with Gasteiger partial charge in [-0.05, 0) is 18.2 Å². The maximum absolute atomic E-state index is 5.54. The molecule has 0 aliphatic rings. The van der Waals surface area contributed by atoms with E-state index in [1.54, 1.807) is 5.38 Å². The molecule has 0 fully saturated rings. The standard InChI is InChI=1S/C13H16N4S2/c1-2-7-18-11-6-4-3-5-10(11)8-15-17-13-16-12(14)9-19-13/h3-6,8-9H,2,7,14H2,1H3,(H,16,17). The van der Waals surface area contributed by atoms with Gasteiger partial charge in [-0.15, -0.1) is 23.1 Å². The Balaban J connectivity index is 2.01. The van der Waals surface area contributed by atoms with Gasteiger partial charge >= 0.3 is 0 Å². The first-order chi connectivity index (χ1) is 9.29. The third-order valence-corrected chi connectivity index (χ3v) is 4.33. The Hall–Kier alpha value is -1.53. The molecule has 2 aromatic rings. The summed E-state index contributed by atoms with van der Waals surface area (Å²) in [6.07, 6.45) is 2.97. The summed E-state index contributed by atoms with van der Waals surface area (Å²) in [6.45, 7) is 2.18. The van der Waals surface area contributed by atoms with Crippen LogP contribution in [0.25, 0.3) is 0 Å². The number of nitrogen functional groups attached to an aromatic ring is 1. The zero-order valence-electron chi connectivity index (χ0n) is 10.7. The molecule has 4 nitrogen and oxygen atoms in total. The fourth-order valence-electron chi connectivity index (χ4n) is 1.43. The minimum atomic E-state index is 0.515. The third kappa shape index (κ3) is 4.25. The van der Waals surface area contributed by atoms with Crippen molar-refractivity contribution in [3.63, 3.8) is 0 Å². The number of hydrogen-bond acceptors (Lipinski definition) is 6. The van der Waals surface area contributed by atoms with E-state index in [9.17, 15) is 0 Å². The van der Waals surface area contributed by atoms with E-state index in [2.05, 4.69) is 34.6 Å². The minimum absolute atomic E-state index is 0.515. The van der Waals surface area contributed by atoms with E-state index in [1.165, 1.54) is 16.2 Å². The molecule has 100 valence electrons. The Kier molecular flexibility index (Phi) is 5.23. The van der Waals surface area contributed by atoms with Gasteiger partial charge in [-0.25, -0.2) is 4.98 Å². The average Bonchev–Trinajstić information content (AvgIpc) is 2.83. The summed E-state index contributed by atoms with van der Waals surface area (Å²) < 4.78 is 0. The van der Waals surface area contributed by atoms with E-state index in [-0.39, 0.29) is 0 Å². The summed E-state index contributed by atoms with van der Waals surface area (Å²) in [5, 5.41) is 6.68. The molecule has 0 aliphatic carbocycles. The summed E-state index contributed by atoms with van der Waals surface area (Å²) in [4.78, 5) is 5.32. The minimum Gasteiger partial charge on any atom is -0.383 e. The molecule has 1 aromatic heterocycles. The Morgan fingerprint density at radius 2 is 2.32 bits per heavy atom. The van der Waals surface area contributed by atoms with Crippen LogP contribution in [0.4, 0.5) is 10.9 Å². The molecule has 2 rings (SSSR count). The van der Waals surface area contributed by atoms with Crippen LogP contribution in [0.1, 0.15) is 18.9 Å². The molecule has 19 heavy (non-hydrogen) atoms. The summed E-state index contributed by atoms with van der Waals surface area (Å²) in [5.74, 6) is 1.63. The van der Waals surface area contributed by atoms with E-state index < -0.39 is 0 Å². The Labute approximate surface area is 121 Å². The molecule has 0 spiro atoms. The number of anilines is 2. The van der Waals surface area contributed by atoms with Gasteiger partial charge in [0, 0.05) is 15.8 Å². The molecular weight excluding hydrogens is 276 g/mol. The summed E-state index contributed by atoms with van der Waals surface area (Å²) in [5.41, 5.74) is 9.54. The number of nitrogens with one attached hydrogen (secondary N) is 1. The van der Waals surface area contributed by atoms with Crippen LogP contribution in [0, 0.1) is 0 Å². The van der Waals surface area contributed by atoms with Crippen molar-refractivity contribution in [2.24, 2.45) is 5.10 Å². The lowest BCUT2D eigenvalue weighted by molar-refractivity contribution is 1.10. The number of aromatic nitrogens is 1. The first kappa shape index (κ1) is 13.9. The highest BCUT2D eigenvalue weighted by Gasteiger charge is 1.99. The van der Waals surface area contributed by atoms with Gasteiger partial charge in [-0.1, -0.05) is 25.1 Å². The lowest BCUT2D eigenvalue weighted by Crippen LogP contribution is -1.92. The largest absolute Gasteiger partial charge is 0.383 e. The van der Waals surface area contributed by atoms with Crippen molar-refractivity contribution in [2.75, 3.05) is 16.9 Å². The van der Waals surface area contributed by atoms with Gasteiger partial charge in [0.1, 0.15) is 5.82 Å². The number of benzene rings is 1. The van der Waals surface area contributed by atoms with Crippen LogP contribution >= 0.6 is 23.1 Å². The smallest absolute Gasteiger partial charge is 0.205 e. The molecule has 6 heteroatoms. The zero-order chi connectivity index (χ0) is 13.5. The van der Waals surface area contributed by atoms with Crippen LogP contribution < -0.4 is 11.2 Å². The number of nitrogens with zero attached hydrogens (tertiary/aromatic N) is 2. The van der Waals surface area contributed by atoms with E-state index in [0.29, 0.717) is 10.9 Å². The fraction of sp³-hybridized carbons (Fsp3) is 0.231. The molecule has 0 radical (unpaired) electrons. The fourth-order valence-corrected chi connectivity index (χ4v) is 2.86. The van der Waals surface area contributed by atoms with Crippen molar-refractivity contribution in [3.05, 3.63) is 35.2 Å². The normalized spacial score (nSPS) is 11.0. The number of thiazole rings is 1. The van der Waals surface area contributed by atoms with Crippen LogP contribution in [0.3, 0.4) is 0 Å². The van der Waals surface area contributed by atoms with Crippen LogP contribution in [0.5, 0.6) is 0 Å². The van der Waals surface area contributed by atoms with Gasteiger partial charge < -0.3 is 5.73 Å². The molecule has 3 N–H and O–H groups in total. The SMILES string of the molecule is CCCSc1ccccc1C=NNc1nc(N)cs1. The number of thioether (sulfide) groups is 1. The molecule has 1 heterocycles. The van der Waals surface area contributed by atoms with Crippen molar-refractivity contribution >= 4 is 40.3 Å². The quantitative estimate of drug-likeness (QED) is 0.484. The Morgan fingerprint density at radius 3 is 3.05 bits per heavy atom. The van der Waals surface area contributed by atoms with Crippen molar-refractivity contribution < 1.29 is 0 Å². The summed E-state index contributed by atoms with van der Waals surface area (Å²) >= 11 is 3.28. The molecule has 0 atom stereocenters. The van der Waals surface area contributed by atoms with Gasteiger partial charge in [-0.2, -0.15) is 5.10 Å². The molecule has 0 aliphatic heterocycles. The van der Waals surface area contributed by atoms with Gasteiger partial charge in [0.05, 0.1) is 6.21 Å². The van der Waals surface area contributed by atoms with Crippen molar-refractivity contribution in [2.45, 2.75) is 18.2 Å². The highest BCUT2D eigenvalue weighted by molar-refractivity contribution is 7.99. The third-order valence-electron chi connectivity index (χ3n) is 2.27. The highest BCUT2D eigenvalue weighted by Crippen LogP contribution is 2.22. The monoisotopic (exact) mass is 292 g/mol. The first-order valence-electron chi connectivity index (χ1n) is 6.01. The number of nitrogens with two attached hydrogens (primary N) is 1. The number of hydrazone groups is 1. The zero-order valence-corrected chi connectivity index (χ0v) is 12.3. The molecule has 0 bridgehead atoms. The van der Waals surface area contributed by atoms with E-state index in [0.717, 1.165) is 17.7 Å². The maximum Gasteiger partial charge on any atom is 0.205 e. The molecule has 0 saturated carbocycles. The van der Waals surface area contributed by atoms with E-state index >= 15 is 0 Å². The van der Waals surface area contributed by atoms with Crippen LogP contribution in [-0.2, 0) is 0 Å². The topological polar surface area (TPSA) is 63.3 Å². The number of rotatable bonds is 6. The number of hydrogen-bond donors (Lipinski definition) is 2. The maximum atomic E-state index is 5.54. The van der Waals surface area contributed by atoms with E-state index in [1.807, 2.05) is 30.1 Å². The molecule has 0 saturated heterocycles. The second kappa shape index (κ2) is 7.16. The van der Waals surface area contributed by atoms with Crippen LogP contribution in [0.2, 0.25) is 0 Å². The Bertz CT molecular complexity index is 551. The predicted molar refractivity (Wildman–Crippen MR) is 85.2 cm³/mol. The average molecular weight is 292 g/mol.